The molecule has 0 saturated heterocycles. The summed E-state index contributed by atoms with van der Waals surface area (Å²) >= 11 is 0. The summed E-state index contributed by atoms with van der Waals surface area (Å²) in [6, 6.07) is -0.637. The Balaban J connectivity index is 3.41. The van der Waals surface area contributed by atoms with Crippen LogP contribution in [0.1, 0.15) is 316 Å². The second-order valence-electron chi connectivity index (χ2n) is 19.7. The zero-order valence-electron chi connectivity index (χ0n) is 42.9. The molecule has 1 amide bonds. The largest absolute Gasteiger partial charge is 0.394 e. The Morgan fingerprint density at radius 3 is 0.921 bits per heavy atom. The maximum Gasteiger partial charge on any atom is 0.220 e. The minimum absolute atomic E-state index is 0.0700. The number of carbonyl (C=O) groups is 1. The third kappa shape index (κ3) is 51.5. The van der Waals surface area contributed by atoms with Crippen LogP contribution in [0.15, 0.2) is 36.5 Å². The van der Waals surface area contributed by atoms with Crippen molar-refractivity contribution in [2.75, 3.05) is 6.61 Å². The number of hydrogen-bond acceptors (Lipinski definition) is 3. The molecule has 0 fully saturated rings. The van der Waals surface area contributed by atoms with Gasteiger partial charge in [0.25, 0.3) is 0 Å². The number of carbonyl (C=O) groups excluding carboxylic acids is 1. The number of amides is 1. The molecule has 0 bridgehead atoms. The highest BCUT2D eigenvalue weighted by molar-refractivity contribution is 5.76. The third-order valence-electron chi connectivity index (χ3n) is 13.3. The average Bonchev–Trinajstić information content (AvgIpc) is 3.29. The van der Waals surface area contributed by atoms with Crippen molar-refractivity contribution >= 4 is 5.91 Å². The van der Waals surface area contributed by atoms with E-state index in [9.17, 15) is 15.0 Å². The van der Waals surface area contributed by atoms with Crippen molar-refractivity contribution in [3.63, 3.8) is 0 Å². The van der Waals surface area contributed by atoms with Crippen LogP contribution in [0.4, 0.5) is 0 Å². The van der Waals surface area contributed by atoms with E-state index in [2.05, 4.69) is 43.5 Å². The minimum Gasteiger partial charge on any atom is -0.394 e. The molecule has 0 rings (SSSR count). The predicted molar refractivity (Wildman–Crippen MR) is 281 cm³/mol. The smallest absolute Gasteiger partial charge is 0.220 e. The Labute approximate surface area is 395 Å². The maximum atomic E-state index is 12.4. The number of aliphatic hydroxyl groups excluding tert-OH is 2. The third-order valence-corrected chi connectivity index (χ3v) is 13.3. The van der Waals surface area contributed by atoms with E-state index < -0.39 is 12.1 Å². The molecule has 0 saturated carbocycles. The fraction of sp³-hybridized carbons (Fsp3) is 0.881. The predicted octanol–water partition coefficient (Wildman–Crippen LogP) is 18.9. The van der Waals surface area contributed by atoms with Crippen molar-refractivity contribution in [2.45, 2.75) is 328 Å². The van der Waals surface area contributed by atoms with Crippen LogP contribution in [-0.4, -0.2) is 34.9 Å². The van der Waals surface area contributed by atoms with Crippen LogP contribution in [0.25, 0.3) is 0 Å². The summed E-state index contributed by atoms with van der Waals surface area (Å²) in [5.41, 5.74) is 0. The molecule has 0 heterocycles. The highest BCUT2D eigenvalue weighted by atomic mass is 16.3. The number of aliphatic hydroxyl groups is 2. The highest BCUT2D eigenvalue weighted by Crippen LogP contribution is 2.17. The molecule has 0 aromatic carbocycles. The first-order valence-corrected chi connectivity index (χ1v) is 28.7. The average molecular weight is 885 g/mol. The van der Waals surface area contributed by atoms with E-state index in [0.29, 0.717) is 6.42 Å². The number of unbranched alkanes of at least 4 members (excludes halogenated alkanes) is 42. The van der Waals surface area contributed by atoms with Gasteiger partial charge in [0.05, 0.1) is 18.8 Å². The zero-order valence-corrected chi connectivity index (χ0v) is 42.9. The van der Waals surface area contributed by atoms with Gasteiger partial charge in [0.2, 0.25) is 5.91 Å². The first-order valence-electron chi connectivity index (χ1n) is 28.7. The second kappa shape index (κ2) is 54.9. The van der Waals surface area contributed by atoms with E-state index in [0.717, 1.165) is 32.1 Å². The molecule has 4 heteroatoms. The Kier molecular flexibility index (Phi) is 53.7. The fourth-order valence-electron chi connectivity index (χ4n) is 8.96. The topological polar surface area (TPSA) is 69.6 Å². The van der Waals surface area contributed by atoms with E-state index >= 15 is 0 Å². The first kappa shape index (κ1) is 61.6. The Bertz CT molecular complexity index is 958. The van der Waals surface area contributed by atoms with Crippen LogP contribution in [0, 0.1) is 0 Å². The Morgan fingerprint density at radius 2 is 0.619 bits per heavy atom. The van der Waals surface area contributed by atoms with E-state index in [-0.39, 0.29) is 12.5 Å². The molecule has 0 aliphatic carbocycles. The summed E-state index contributed by atoms with van der Waals surface area (Å²) in [6.07, 6.45) is 74.7. The molecule has 0 aromatic heterocycles. The monoisotopic (exact) mass is 884 g/mol. The van der Waals surface area contributed by atoms with Crippen molar-refractivity contribution in [3.8, 4) is 0 Å². The summed E-state index contributed by atoms with van der Waals surface area (Å²) in [5, 5.41) is 23.1. The van der Waals surface area contributed by atoms with E-state index in [1.165, 1.54) is 263 Å². The standard InChI is InChI=1S/C59H113NO3/c1-3-5-7-9-11-13-15-17-19-20-21-22-23-24-25-26-27-28-29-30-31-32-33-34-35-36-37-38-39-40-41-43-45-47-49-51-53-55-59(63)60-57(56-61)58(62)54-52-50-48-46-44-42-18-16-14-12-10-8-6-4-2/h28-29,44,46,52,54,57-58,61-62H,3-27,30-43,45,47-51,53,55-56H2,1-2H3,(H,60,63)/b29-28-,46-44+,54-52+. The summed E-state index contributed by atoms with van der Waals surface area (Å²) in [5.74, 6) is -0.0700. The lowest BCUT2D eigenvalue weighted by Crippen LogP contribution is -2.45. The summed E-state index contributed by atoms with van der Waals surface area (Å²) in [4.78, 5) is 12.4. The molecule has 2 unspecified atom stereocenters. The fourth-order valence-corrected chi connectivity index (χ4v) is 8.96. The van der Waals surface area contributed by atoms with Crippen LogP contribution in [0.2, 0.25) is 0 Å². The molecule has 0 aliphatic heterocycles. The molecule has 0 radical (unpaired) electrons. The van der Waals surface area contributed by atoms with Gasteiger partial charge in [0.1, 0.15) is 0 Å². The van der Waals surface area contributed by atoms with Crippen molar-refractivity contribution in [2.24, 2.45) is 0 Å². The van der Waals surface area contributed by atoms with Gasteiger partial charge in [-0.3, -0.25) is 4.79 Å². The minimum atomic E-state index is -0.860. The second-order valence-corrected chi connectivity index (χ2v) is 19.7. The van der Waals surface area contributed by atoms with Gasteiger partial charge in [-0.25, -0.2) is 0 Å². The molecule has 2 atom stereocenters. The zero-order chi connectivity index (χ0) is 45.6. The van der Waals surface area contributed by atoms with E-state index in [1.807, 2.05) is 6.08 Å². The Hall–Kier alpha value is -1.39. The van der Waals surface area contributed by atoms with Crippen LogP contribution in [-0.2, 0) is 4.79 Å². The molecule has 3 N–H and O–H groups in total. The van der Waals surface area contributed by atoms with Crippen molar-refractivity contribution in [1.29, 1.82) is 0 Å². The lowest BCUT2D eigenvalue weighted by Gasteiger charge is -2.19. The van der Waals surface area contributed by atoms with Crippen LogP contribution >= 0.6 is 0 Å². The van der Waals surface area contributed by atoms with Crippen molar-refractivity contribution in [3.05, 3.63) is 36.5 Å². The SMILES string of the molecule is CCCCCCCCCC/C=C/CC/C=C/C(O)C(CO)NC(=O)CCCCCCCCCCCCCCCCCCC/C=C\CCCCCCCCCCCCCCCCCC. The van der Waals surface area contributed by atoms with Gasteiger partial charge in [-0.2, -0.15) is 0 Å². The van der Waals surface area contributed by atoms with E-state index in [4.69, 9.17) is 0 Å². The van der Waals surface area contributed by atoms with Gasteiger partial charge < -0.3 is 15.5 Å². The lowest BCUT2D eigenvalue weighted by atomic mass is 10.0. The normalized spacial score (nSPS) is 13.0. The molecule has 0 spiro atoms. The van der Waals surface area contributed by atoms with Crippen molar-refractivity contribution in [1.82, 2.24) is 5.32 Å². The number of hydrogen-bond donors (Lipinski definition) is 3. The van der Waals surface area contributed by atoms with Gasteiger partial charge >= 0.3 is 0 Å². The van der Waals surface area contributed by atoms with Gasteiger partial charge in [-0.1, -0.05) is 288 Å². The summed E-state index contributed by atoms with van der Waals surface area (Å²) in [7, 11) is 0. The van der Waals surface area contributed by atoms with Gasteiger partial charge in [-0.05, 0) is 57.8 Å². The number of rotatable bonds is 53. The molecular formula is C59H113NO3. The quantitative estimate of drug-likeness (QED) is 0.0421. The molecule has 63 heavy (non-hydrogen) atoms. The molecular weight excluding hydrogens is 771 g/mol. The Morgan fingerprint density at radius 1 is 0.365 bits per heavy atom. The number of allylic oxidation sites excluding steroid dienone is 5. The van der Waals surface area contributed by atoms with Gasteiger partial charge in [-0.15, -0.1) is 0 Å². The van der Waals surface area contributed by atoms with Crippen LogP contribution < -0.4 is 5.32 Å². The molecule has 372 valence electrons. The number of nitrogens with one attached hydrogen (secondary N) is 1. The maximum absolute atomic E-state index is 12.4. The first-order chi connectivity index (χ1) is 31.2. The highest BCUT2D eigenvalue weighted by Gasteiger charge is 2.18. The van der Waals surface area contributed by atoms with Crippen LogP contribution in [0.3, 0.4) is 0 Å². The van der Waals surface area contributed by atoms with E-state index in [1.54, 1.807) is 6.08 Å². The molecule has 0 aromatic rings. The lowest BCUT2D eigenvalue weighted by molar-refractivity contribution is -0.123. The summed E-state index contributed by atoms with van der Waals surface area (Å²) in [6.45, 7) is 4.31. The summed E-state index contributed by atoms with van der Waals surface area (Å²) < 4.78 is 0. The van der Waals surface area contributed by atoms with Crippen molar-refractivity contribution < 1.29 is 15.0 Å². The van der Waals surface area contributed by atoms with Gasteiger partial charge in [0, 0.05) is 6.42 Å². The molecule has 0 aliphatic rings. The van der Waals surface area contributed by atoms with Crippen LogP contribution in [0.5, 0.6) is 0 Å². The van der Waals surface area contributed by atoms with Gasteiger partial charge in [0.15, 0.2) is 0 Å². The molecule has 4 nitrogen and oxygen atoms in total.